The number of amidine groups is 1. The molecule has 106 valence electrons. The minimum absolute atomic E-state index is 0.0337. The third-order valence-electron chi connectivity index (χ3n) is 2.38. The highest BCUT2D eigenvalue weighted by molar-refractivity contribution is 5.98. The summed E-state index contributed by atoms with van der Waals surface area (Å²) < 4.78 is 28.3. The quantitative estimate of drug-likeness (QED) is 0.218. The molecule has 0 atom stereocenters. The molecule has 0 heterocycles. The van der Waals surface area contributed by atoms with Crippen LogP contribution in [0.15, 0.2) is 29.4 Å². The average Bonchev–Trinajstić information content (AvgIpc) is 2.42. The molecule has 0 fully saturated rings. The smallest absolute Gasteiger partial charge is 0.261 e. The molecule has 0 spiro atoms. The van der Waals surface area contributed by atoms with E-state index in [-0.39, 0.29) is 12.4 Å². The summed E-state index contributed by atoms with van der Waals surface area (Å²) in [6.45, 7) is 0.570. The molecule has 5 nitrogen and oxygen atoms in total. The number of benzene rings is 1. The topological polar surface area (TPSA) is 79.9 Å². The summed E-state index contributed by atoms with van der Waals surface area (Å²) in [6, 6.07) is 7.18. The van der Waals surface area contributed by atoms with Crippen molar-refractivity contribution in [2.75, 3.05) is 19.8 Å². The highest BCUT2D eigenvalue weighted by atomic mass is 19.3. The van der Waals surface area contributed by atoms with Crippen LogP contribution in [0.1, 0.15) is 11.1 Å². The van der Waals surface area contributed by atoms with E-state index in [0.29, 0.717) is 18.7 Å². The molecular formula is C12H17F2N3O2. The molecule has 7 heteroatoms. The normalized spacial score (nSPS) is 12.1. The standard InChI is InChI=1S/C12H17F2N3O2/c13-11(14)8-19-6-5-16-7-9-3-1-2-4-10(9)12(15)17-18/h1-4,11,16,18H,5-8H2,(H2,15,17). The van der Waals surface area contributed by atoms with Gasteiger partial charge in [-0.2, -0.15) is 0 Å². The number of ether oxygens (including phenoxy) is 1. The summed E-state index contributed by atoms with van der Waals surface area (Å²) in [7, 11) is 0. The van der Waals surface area contributed by atoms with Crippen LogP contribution in [0.25, 0.3) is 0 Å². The van der Waals surface area contributed by atoms with Crippen molar-refractivity contribution < 1.29 is 18.7 Å². The van der Waals surface area contributed by atoms with Gasteiger partial charge < -0.3 is 21.0 Å². The first-order chi connectivity index (χ1) is 9.15. The first-order valence-electron chi connectivity index (χ1n) is 5.77. The Morgan fingerprint density at radius 2 is 2.16 bits per heavy atom. The number of hydrogen-bond acceptors (Lipinski definition) is 4. The van der Waals surface area contributed by atoms with Gasteiger partial charge >= 0.3 is 0 Å². The van der Waals surface area contributed by atoms with E-state index < -0.39 is 13.0 Å². The fourth-order valence-corrected chi connectivity index (χ4v) is 1.52. The zero-order valence-corrected chi connectivity index (χ0v) is 10.4. The molecule has 0 aromatic heterocycles. The second kappa shape index (κ2) is 8.39. The van der Waals surface area contributed by atoms with Crippen molar-refractivity contribution in [1.82, 2.24) is 5.32 Å². The van der Waals surface area contributed by atoms with Crippen molar-refractivity contribution in [3.05, 3.63) is 35.4 Å². The lowest BCUT2D eigenvalue weighted by Crippen LogP contribution is -2.23. The minimum Gasteiger partial charge on any atom is -0.409 e. The zero-order chi connectivity index (χ0) is 14.1. The van der Waals surface area contributed by atoms with Gasteiger partial charge in [0.05, 0.1) is 6.61 Å². The highest BCUT2D eigenvalue weighted by Gasteiger charge is 2.05. The van der Waals surface area contributed by atoms with E-state index in [1.165, 1.54) is 0 Å². The van der Waals surface area contributed by atoms with E-state index in [1.807, 2.05) is 12.1 Å². The largest absolute Gasteiger partial charge is 0.409 e. The lowest BCUT2D eigenvalue weighted by Gasteiger charge is -2.09. The van der Waals surface area contributed by atoms with Crippen LogP contribution in [0.4, 0.5) is 8.78 Å². The number of nitrogens with two attached hydrogens (primary N) is 1. The van der Waals surface area contributed by atoms with Crippen LogP contribution in [0.2, 0.25) is 0 Å². The van der Waals surface area contributed by atoms with Gasteiger partial charge in [-0.25, -0.2) is 8.78 Å². The summed E-state index contributed by atoms with van der Waals surface area (Å²) >= 11 is 0. The first kappa shape index (κ1) is 15.3. The molecule has 0 saturated carbocycles. The Morgan fingerprint density at radius 1 is 1.42 bits per heavy atom. The van der Waals surface area contributed by atoms with Crippen LogP contribution in [0.5, 0.6) is 0 Å². The Bertz CT molecular complexity index is 414. The molecule has 0 aliphatic carbocycles. The van der Waals surface area contributed by atoms with E-state index in [9.17, 15) is 8.78 Å². The van der Waals surface area contributed by atoms with Gasteiger partial charge in [0.15, 0.2) is 5.84 Å². The summed E-state index contributed by atoms with van der Waals surface area (Å²) in [5.74, 6) is 0.0337. The maximum Gasteiger partial charge on any atom is 0.261 e. The van der Waals surface area contributed by atoms with Crippen LogP contribution in [-0.2, 0) is 11.3 Å². The number of hydrogen-bond donors (Lipinski definition) is 3. The van der Waals surface area contributed by atoms with E-state index in [2.05, 4.69) is 10.5 Å². The van der Waals surface area contributed by atoms with Gasteiger partial charge in [0.1, 0.15) is 6.61 Å². The maximum atomic E-state index is 11.8. The average molecular weight is 273 g/mol. The van der Waals surface area contributed by atoms with Gasteiger partial charge in [0.2, 0.25) is 0 Å². The van der Waals surface area contributed by atoms with Crippen LogP contribution in [0, 0.1) is 0 Å². The van der Waals surface area contributed by atoms with Gasteiger partial charge in [-0.1, -0.05) is 29.4 Å². The van der Waals surface area contributed by atoms with Crippen molar-refractivity contribution in [2.24, 2.45) is 10.9 Å². The Morgan fingerprint density at radius 3 is 2.84 bits per heavy atom. The van der Waals surface area contributed by atoms with Crippen LogP contribution in [-0.4, -0.2) is 37.2 Å². The fourth-order valence-electron chi connectivity index (χ4n) is 1.52. The number of rotatable bonds is 8. The summed E-state index contributed by atoms with van der Waals surface area (Å²) in [5.41, 5.74) is 7.03. The number of halogens is 2. The SMILES string of the molecule is N/C(=N/O)c1ccccc1CNCCOCC(F)F. The Hall–Kier alpha value is -1.73. The van der Waals surface area contributed by atoms with Gasteiger partial charge in [0.25, 0.3) is 6.43 Å². The van der Waals surface area contributed by atoms with Gasteiger partial charge in [-0.3, -0.25) is 0 Å². The molecule has 0 bridgehead atoms. The molecule has 0 unspecified atom stereocenters. The van der Waals surface area contributed by atoms with E-state index in [1.54, 1.807) is 12.1 Å². The molecule has 1 rings (SSSR count). The second-order valence-electron chi connectivity index (χ2n) is 3.79. The first-order valence-corrected chi connectivity index (χ1v) is 5.77. The fraction of sp³-hybridized carbons (Fsp3) is 0.417. The van der Waals surface area contributed by atoms with Crippen molar-refractivity contribution in [2.45, 2.75) is 13.0 Å². The summed E-state index contributed by atoms with van der Waals surface area (Å²) in [4.78, 5) is 0. The third kappa shape index (κ3) is 5.62. The maximum absolute atomic E-state index is 11.8. The molecule has 0 aliphatic heterocycles. The lowest BCUT2D eigenvalue weighted by atomic mass is 10.1. The molecule has 4 N–H and O–H groups in total. The number of nitrogens with one attached hydrogen (secondary N) is 1. The van der Waals surface area contributed by atoms with Crippen molar-refractivity contribution in [3.8, 4) is 0 Å². The monoisotopic (exact) mass is 273 g/mol. The predicted octanol–water partition coefficient (Wildman–Crippen LogP) is 1.15. The summed E-state index contributed by atoms with van der Waals surface area (Å²) in [5, 5.41) is 14.6. The molecule has 0 saturated heterocycles. The molecule has 19 heavy (non-hydrogen) atoms. The molecule has 0 radical (unpaired) electrons. The highest BCUT2D eigenvalue weighted by Crippen LogP contribution is 2.07. The molecule has 0 aliphatic rings. The van der Waals surface area contributed by atoms with E-state index >= 15 is 0 Å². The van der Waals surface area contributed by atoms with Gasteiger partial charge in [0, 0.05) is 18.7 Å². The van der Waals surface area contributed by atoms with Crippen LogP contribution >= 0.6 is 0 Å². The zero-order valence-electron chi connectivity index (χ0n) is 10.4. The molecule has 0 amide bonds. The predicted molar refractivity (Wildman–Crippen MR) is 67.5 cm³/mol. The Balaban J connectivity index is 2.37. The minimum atomic E-state index is -2.44. The van der Waals surface area contributed by atoms with Gasteiger partial charge in [-0.15, -0.1) is 0 Å². The van der Waals surface area contributed by atoms with Crippen LogP contribution < -0.4 is 11.1 Å². The van der Waals surface area contributed by atoms with Crippen molar-refractivity contribution in [1.29, 1.82) is 0 Å². The van der Waals surface area contributed by atoms with Gasteiger partial charge in [-0.05, 0) is 5.56 Å². The Kier molecular flexibility index (Phi) is 6.76. The number of nitrogens with zero attached hydrogens (tertiary/aromatic N) is 1. The molecular weight excluding hydrogens is 256 g/mol. The van der Waals surface area contributed by atoms with Crippen molar-refractivity contribution in [3.63, 3.8) is 0 Å². The lowest BCUT2D eigenvalue weighted by molar-refractivity contribution is 0.0187. The second-order valence-corrected chi connectivity index (χ2v) is 3.79. The third-order valence-corrected chi connectivity index (χ3v) is 2.38. The van der Waals surface area contributed by atoms with E-state index in [4.69, 9.17) is 15.7 Å². The van der Waals surface area contributed by atoms with Crippen molar-refractivity contribution >= 4 is 5.84 Å². The summed E-state index contributed by atoms with van der Waals surface area (Å²) in [6.07, 6.45) is -2.44. The number of oxime groups is 1. The molecule has 1 aromatic carbocycles. The Labute approximate surface area is 110 Å². The van der Waals surface area contributed by atoms with E-state index in [0.717, 1.165) is 5.56 Å². The number of alkyl halides is 2. The molecule has 1 aromatic rings. The van der Waals surface area contributed by atoms with Crippen LogP contribution in [0.3, 0.4) is 0 Å².